The van der Waals surface area contributed by atoms with E-state index in [1.165, 1.54) is 0 Å². The maximum Gasteiger partial charge on any atom is 0.0634 e. The molecule has 4 heteroatoms. The quantitative estimate of drug-likeness (QED) is 0.813. The van der Waals surface area contributed by atoms with E-state index >= 15 is 0 Å². The van der Waals surface area contributed by atoms with Gasteiger partial charge in [0, 0.05) is 33.2 Å². The normalized spacial score (nSPS) is 14.2. The van der Waals surface area contributed by atoms with Crippen molar-refractivity contribution >= 4 is 22.4 Å². The third-order valence-corrected chi connectivity index (χ3v) is 3.98. The van der Waals surface area contributed by atoms with Crippen molar-refractivity contribution < 1.29 is 4.21 Å². The lowest BCUT2D eigenvalue weighted by molar-refractivity contribution is 0.673. The molecule has 1 rings (SSSR count). The smallest absolute Gasteiger partial charge is 0.0634 e. The van der Waals surface area contributed by atoms with Crippen molar-refractivity contribution in [2.75, 3.05) is 0 Å². The van der Waals surface area contributed by atoms with Crippen LogP contribution in [-0.4, -0.2) is 9.46 Å². The minimum Gasteiger partial charge on any atom is -0.259 e. The van der Waals surface area contributed by atoms with Gasteiger partial charge in [0.2, 0.25) is 0 Å². The number of nitriles is 1. The molecule has 2 nitrogen and oxygen atoms in total. The van der Waals surface area contributed by atoms with Gasteiger partial charge in [-0.2, -0.15) is 5.26 Å². The van der Waals surface area contributed by atoms with Gasteiger partial charge in [-0.25, -0.2) is 0 Å². The van der Waals surface area contributed by atoms with Crippen molar-refractivity contribution in [2.24, 2.45) is 0 Å². The molecule has 0 aliphatic rings. The van der Waals surface area contributed by atoms with Crippen LogP contribution in [0.2, 0.25) is 5.02 Å². The molecule has 0 radical (unpaired) electrons. The molecule has 0 heterocycles. The molecule has 0 saturated carbocycles. The number of halogens is 1. The number of benzene rings is 1. The van der Waals surface area contributed by atoms with E-state index in [9.17, 15) is 4.21 Å². The predicted molar refractivity (Wildman–Crippen MR) is 63.0 cm³/mol. The zero-order valence-electron chi connectivity index (χ0n) is 8.44. The van der Waals surface area contributed by atoms with Crippen LogP contribution in [0.3, 0.4) is 0 Å². The van der Waals surface area contributed by atoms with Crippen molar-refractivity contribution in [1.29, 1.82) is 5.26 Å². The first kappa shape index (κ1) is 12.2. The van der Waals surface area contributed by atoms with Crippen LogP contribution in [0.25, 0.3) is 0 Å². The summed E-state index contributed by atoms with van der Waals surface area (Å²) in [6, 6.07) is 9.31. The Bertz CT molecular complexity index is 383. The molecule has 2 unspecified atom stereocenters. The Morgan fingerprint density at radius 2 is 2.07 bits per heavy atom. The molecule has 2 atom stereocenters. The zero-order chi connectivity index (χ0) is 11.3. The van der Waals surface area contributed by atoms with E-state index in [0.717, 1.165) is 5.56 Å². The number of rotatable bonds is 4. The largest absolute Gasteiger partial charge is 0.259 e. The lowest BCUT2D eigenvalue weighted by Crippen LogP contribution is -2.11. The maximum absolute atomic E-state index is 11.7. The van der Waals surface area contributed by atoms with Crippen LogP contribution in [0.4, 0.5) is 0 Å². The first-order valence-corrected chi connectivity index (χ1v) is 6.38. The maximum atomic E-state index is 11.7. The fourth-order valence-corrected chi connectivity index (χ4v) is 2.30. The first-order valence-electron chi connectivity index (χ1n) is 4.62. The summed E-state index contributed by atoms with van der Waals surface area (Å²) in [5.74, 6) is 0.486. The van der Waals surface area contributed by atoms with Gasteiger partial charge in [-0.3, -0.25) is 4.21 Å². The Kier molecular flexibility index (Phi) is 4.80. The molecule has 80 valence electrons. The van der Waals surface area contributed by atoms with E-state index in [2.05, 4.69) is 0 Å². The molecule has 0 saturated heterocycles. The van der Waals surface area contributed by atoms with Gasteiger partial charge in [0.15, 0.2) is 0 Å². The van der Waals surface area contributed by atoms with Gasteiger partial charge >= 0.3 is 0 Å². The zero-order valence-corrected chi connectivity index (χ0v) is 10.0. The molecular weight excluding hydrogens is 230 g/mol. The van der Waals surface area contributed by atoms with Gasteiger partial charge in [0.25, 0.3) is 0 Å². The highest BCUT2D eigenvalue weighted by atomic mass is 35.5. The van der Waals surface area contributed by atoms with Gasteiger partial charge in [-0.1, -0.05) is 23.7 Å². The topological polar surface area (TPSA) is 40.9 Å². The lowest BCUT2D eigenvalue weighted by Gasteiger charge is -2.07. The van der Waals surface area contributed by atoms with E-state index < -0.39 is 10.8 Å². The van der Waals surface area contributed by atoms with Crippen molar-refractivity contribution in [3.05, 3.63) is 34.9 Å². The first-order chi connectivity index (χ1) is 7.13. The monoisotopic (exact) mass is 241 g/mol. The summed E-state index contributed by atoms with van der Waals surface area (Å²) >= 11 is 5.74. The Morgan fingerprint density at radius 1 is 1.47 bits per heavy atom. The van der Waals surface area contributed by atoms with Crippen LogP contribution >= 0.6 is 11.6 Å². The third kappa shape index (κ3) is 4.03. The SMILES string of the molecule is CC(CC#N)S(=O)Cc1ccc(Cl)cc1. The van der Waals surface area contributed by atoms with Crippen molar-refractivity contribution in [1.82, 2.24) is 0 Å². The fraction of sp³-hybridized carbons (Fsp3) is 0.364. The molecule has 0 fully saturated rings. The number of hydrogen-bond acceptors (Lipinski definition) is 2. The minimum absolute atomic E-state index is 0.0781. The van der Waals surface area contributed by atoms with E-state index in [1.54, 1.807) is 12.1 Å². The van der Waals surface area contributed by atoms with Crippen molar-refractivity contribution in [3.63, 3.8) is 0 Å². The standard InChI is InChI=1S/C11H12ClNOS/c1-9(6-7-13)15(14)8-10-2-4-11(12)5-3-10/h2-5,9H,6,8H2,1H3. The van der Waals surface area contributed by atoms with Gasteiger partial charge in [-0.15, -0.1) is 0 Å². The molecule has 15 heavy (non-hydrogen) atoms. The minimum atomic E-state index is -0.988. The predicted octanol–water partition coefficient (Wildman–Crippen LogP) is 2.89. The van der Waals surface area contributed by atoms with Gasteiger partial charge in [0.1, 0.15) is 0 Å². The average molecular weight is 242 g/mol. The molecule has 0 aromatic heterocycles. The summed E-state index contributed by atoms with van der Waals surface area (Å²) in [6.45, 7) is 1.83. The summed E-state index contributed by atoms with van der Waals surface area (Å²) in [7, 11) is -0.988. The van der Waals surface area contributed by atoms with Gasteiger partial charge < -0.3 is 0 Å². The summed E-state index contributed by atoms with van der Waals surface area (Å²) in [5.41, 5.74) is 0.988. The Morgan fingerprint density at radius 3 is 2.60 bits per heavy atom. The van der Waals surface area contributed by atoms with Gasteiger partial charge in [-0.05, 0) is 24.6 Å². The summed E-state index contributed by atoms with van der Waals surface area (Å²) < 4.78 is 11.7. The second-order valence-corrected chi connectivity index (χ2v) is 5.62. The summed E-state index contributed by atoms with van der Waals surface area (Å²) in [6.07, 6.45) is 0.334. The van der Waals surface area contributed by atoms with Crippen LogP contribution in [-0.2, 0) is 16.6 Å². The highest BCUT2D eigenvalue weighted by Crippen LogP contribution is 2.13. The van der Waals surface area contributed by atoms with Crippen LogP contribution in [0.15, 0.2) is 24.3 Å². The van der Waals surface area contributed by atoms with E-state index in [1.807, 2.05) is 25.1 Å². The van der Waals surface area contributed by atoms with Crippen LogP contribution in [0.5, 0.6) is 0 Å². The van der Waals surface area contributed by atoms with Crippen molar-refractivity contribution in [2.45, 2.75) is 24.3 Å². The number of nitrogens with zero attached hydrogens (tertiary/aromatic N) is 1. The number of hydrogen-bond donors (Lipinski definition) is 0. The summed E-state index contributed by atoms with van der Waals surface area (Å²) in [5, 5.41) is 9.08. The van der Waals surface area contributed by atoms with Crippen LogP contribution < -0.4 is 0 Å². The van der Waals surface area contributed by atoms with Crippen LogP contribution in [0, 0.1) is 11.3 Å². The molecule has 0 spiro atoms. The molecule has 0 bridgehead atoms. The lowest BCUT2D eigenvalue weighted by atomic mass is 10.2. The van der Waals surface area contributed by atoms with E-state index in [0.29, 0.717) is 17.2 Å². The summed E-state index contributed by atoms with van der Waals surface area (Å²) in [4.78, 5) is 0. The molecule has 0 aliphatic heterocycles. The molecule has 1 aromatic rings. The highest BCUT2D eigenvalue weighted by molar-refractivity contribution is 7.84. The highest BCUT2D eigenvalue weighted by Gasteiger charge is 2.10. The molecule has 0 N–H and O–H groups in total. The molecule has 0 aliphatic carbocycles. The van der Waals surface area contributed by atoms with E-state index in [-0.39, 0.29) is 5.25 Å². The van der Waals surface area contributed by atoms with Crippen LogP contribution in [0.1, 0.15) is 18.9 Å². The van der Waals surface area contributed by atoms with E-state index in [4.69, 9.17) is 16.9 Å². The van der Waals surface area contributed by atoms with Gasteiger partial charge in [0.05, 0.1) is 6.07 Å². The second-order valence-electron chi connectivity index (χ2n) is 3.32. The Balaban J connectivity index is 2.59. The Labute approximate surface area is 97.3 Å². The fourth-order valence-electron chi connectivity index (χ4n) is 1.11. The second kappa shape index (κ2) is 5.89. The average Bonchev–Trinajstić information content (AvgIpc) is 2.22. The van der Waals surface area contributed by atoms with Crippen molar-refractivity contribution in [3.8, 4) is 6.07 Å². The molecule has 0 amide bonds. The molecule has 1 aromatic carbocycles. The Hall–Kier alpha value is -0.850. The molecular formula is C11H12ClNOS. The third-order valence-electron chi connectivity index (χ3n) is 2.05.